The highest BCUT2D eigenvalue weighted by atomic mass is 16.5. The highest BCUT2D eigenvalue weighted by Gasteiger charge is 2.31. The van der Waals surface area contributed by atoms with Crippen LogP contribution in [0, 0.1) is 0 Å². The number of hydrogen-bond donors (Lipinski definition) is 2. The Morgan fingerprint density at radius 1 is 1.08 bits per heavy atom. The van der Waals surface area contributed by atoms with Gasteiger partial charge >= 0.3 is 12.1 Å². The summed E-state index contributed by atoms with van der Waals surface area (Å²) in [6, 6.07) is 7.46. The van der Waals surface area contributed by atoms with Gasteiger partial charge in [-0.1, -0.05) is 0 Å². The summed E-state index contributed by atoms with van der Waals surface area (Å²) in [5.74, 6) is 0. The van der Waals surface area contributed by atoms with E-state index >= 15 is 0 Å². The van der Waals surface area contributed by atoms with Crippen molar-refractivity contribution in [2.24, 2.45) is 0 Å². The maximum atomic E-state index is 12.4. The Morgan fingerprint density at radius 3 is 2.36 bits per heavy atom. The molecule has 3 rings (SSSR count). The topological polar surface area (TPSA) is 73.9 Å². The monoisotopic (exact) mass is 346 g/mol. The Kier molecular flexibility index (Phi) is 5.75. The molecule has 2 aliphatic heterocycles. The molecule has 2 saturated heterocycles. The van der Waals surface area contributed by atoms with Gasteiger partial charge in [0.05, 0.1) is 6.61 Å². The maximum Gasteiger partial charge on any atom is 0.411 e. The minimum Gasteiger partial charge on any atom is -0.450 e. The van der Waals surface area contributed by atoms with E-state index in [1.807, 2.05) is 4.90 Å². The summed E-state index contributed by atoms with van der Waals surface area (Å²) in [6.45, 7) is 6.01. The van der Waals surface area contributed by atoms with Crippen molar-refractivity contribution in [3.63, 3.8) is 0 Å². The molecule has 1 aromatic carbocycles. The third kappa shape index (κ3) is 4.63. The molecule has 0 aliphatic carbocycles. The van der Waals surface area contributed by atoms with Gasteiger partial charge in [0.2, 0.25) is 0 Å². The summed E-state index contributed by atoms with van der Waals surface area (Å²) in [4.78, 5) is 28.2. The van der Waals surface area contributed by atoms with Crippen LogP contribution in [0.5, 0.6) is 0 Å². The molecule has 1 atom stereocenters. The fourth-order valence-corrected chi connectivity index (χ4v) is 3.46. The molecular weight excluding hydrogens is 320 g/mol. The fourth-order valence-electron chi connectivity index (χ4n) is 3.46. The average Bonchev–Trinajstić information content (AvgIpc) is 3.28. The average molecular weight is 346 g/mol. The molecule has 0 saturated carbocycles. The van der Waals surface area contributed by atoms with Crippen molar-refractivity contribution in [2.75, 3.05) is 43.4 Å². The molecule has 0 unspecified atom stereocenters. The second-order valence-electron chi connectivity index (χ2n) is 6.48. The van der Waals surface area contributed by atoms with Crippen LogP contribution < -0.4 is 10.6 Å². The molecule has 2 N–H and O–H groups in total. The van der Waals surface area contributed by atoms with E-state index in [0.717, 1.165) is 32.6 Å². The lowest BCUT2D eigenvalue weighted by atomic mass is 10.2. The molecule has 25 heavy (non-hydrogen) atoms. The first kappa shape index (κ1) is 17.5. The summed E-state index contributed by atoms with van der Waals surface area (Å²) < 4.78 is 4.83. The van der Waals surface area contributed by atoms with Gasteiger partial charge in [0.25, 0.3) is 0 Å². The van der Waals surface area contributed by atoms with Gasteiger partial charge in [-0.2, -0.15) is 0 Å². The number of anilines is 2. The van der Waals surface area contributed by atoms with Crippen molar-refractivity contribution in [2.45, 2.75) is 32.2 Å². The molecule has 2 fully saturated rings. The van der Waals surface area contributed by atoms with E-state index in [-0.39, 0.29) is 6.03 Å². The Morgan fingerprint density at radius 2 is 1.72 bits per heavy atom. The number of ether oxygens (including phenoxy) is 1. The van der Waals surface area contributed by atoms with Gasteiger partial charge in [0, 0.05) is 30.5 Å². The normalized spacial score (nSPS) is 20.5. The highest BCUT2D eigenvalue weighted by Crippen LogP contribution is 2.21. The fraction of sp³-hybridized carbons (Fsp3) is 0.556. The molecule has 3 amide bonds. The van der Waals surface area contributed by atoms with Crippen LogP contribution in [0.2, 0.25) is 0 Å². The Hall–Kier alpha value is -2.28. The van der Waals surface area contributed by atoms with Crippen LogP contribution in [0.3, 0.4) is 0 Å². The molecule has 136 valence electrons. The largest absolute Gasteiger partial charge is 0.450 e. The zero-order valence-electron chi connectivity index (χ0n) is 14.7. The lowest BCUT2D eigenvalue weighted by Gasteiger charge is -2.23. The van der Waals surface area contributed by atoms with Gasteiger partial charge in [-0.3, -0.25) is 10.2 Å². The van der Waals surface area contributed by atoms with Gasteiger partial charge in [-0.25, -0.2) is 9.59 Å². The maximum absolute atomic E-state index is 12.4. The minimum atomic E-state index is -0.482. The van der Waals surface area contributed by atoms with Crippen LogP contribution in [0.15, 0.2) is 24.3 Å². The van der Waals surface area contributed by atoms with Crippen molar-refractivity contribution in [1.82, 2.24) is 9.80 Å². The van der Waals surface area contributed by atoms with E-state index < -0.39 is 6.09 Å². The second kappa shape index (κ2) is 8.20. The number of amides is 3. The van der Waals surface area contributed by atoms with Crippen LogP contribution in [0.25, 0.3) is 0 Å². The van der Waals surface area contributed by atoms with Crippen LogP contribution in [-0.4, -0.2) is 60.8 Å². The first-order valence-corrected chi connectivity index (χ1v) is 8.99. The summed E-state index contributed by atoms with van der Waals surface area (Å²) in [6.07, 6.45) is 3.11. The number of benzene rings is 1. The molecule has 2 heterocycles. The zero-order valence-corrected chi connectivity index (χ0v) is 14.7. The summed E-state index contributed by atoms with van der Waals surface area (Å²) in [5, 5.41) is 5.55. The quantitative estimate of drug-likeness (QED) is 0.879. The number of nitrogens with zero attached hydrogens (tertiary/aromatic N) is 2. The lowest BCUT2D eigenvalue weighted by molar-refractivity contribution is 0.168. The molecule has 1 aromatic rings. The smallest absolute Gasteiger partial charge is 0.411 e. The van der Waals surface area contributed by atoms with E-state index in [1.165, 1.54) is 12.8 Å². The molecule has 7 heteroatoms. The number of hydrogen-bond acceptors (Lipinski definition) is 4. The lowest BCUT2D eigenvalue weighted by Crippen LogP contribution is -2.38. The van der Waals surface area contributed by atoms with E-state index in [4.69, 9.17) is 4.74 Å². The number of likely N-dealkylation sites (tertiary alicyclic amines) is 2. The third-order valence-corrected chi connectivity index (χ3v) is 4.77. The van der Waals surface area contributed by atoms with Crippen LogP contribution in [-0.2, 0) is 4.74 Å². The molecule has 2 aliphatic rings. The number of nitrogens with one attached hydrogen (secondary N) is 2. The van der Waals surface area contributed by atoms with Crippen LogP contribution >= 0.6 is 0 Å². The number of urea groups is 1. The first-order chi connectivity index (χ1) is 12.2. The van der Waals surface area contributed by atoms with Crippen molar-refractivity contribution in [1.29, 1.82) is 0 Å². The summed E-state index contributed by atoms with van der Waals surface area (Å²) in [5.41, 5.74) is 1.34. The van der Waals surface area contributed by atoms with Gasteiger partial charge < -0.3 is 15.0 Å². The molecule has 0 bridgehead atoms. The zero-order chi connectivity index (χ0) is 17.6. The Bertz CT molecular complexity index is 599. The number of rotatable bonds is 4. The third-order valence-electron chi connectivity index (χ3n) is 4.77. The Balaban J connectivity index is 1.48. The summed E-state index contributed by atoms with van der Waals surface area (Å²) >= 11 is 0. The molecule has 0 spiro atoms. The van der Waals surface area contributed by atoms with Crippen molar-refractivity contribution >= 4 is 23.5 Å². The van der Waals surface area contributed by atoms with E-state index in [1.54, 1.807) is 31.2 Å². The highest BCUT2D eigenvalue weighted by molar-refractivity contribution is 5.90. The summed E-state index contributed by atoms with van der Waals surface area (Å²) in [7, 11) is 0. The van der Waals surface area contributed by atoms with E-state index in [0.29, 0.717) is 24.0 Å². The molecule has 0 aromatic heterocycles. The van der Waals surface area contributed by atoms with Crippen LogP contribution in [0.1, 0.15) is 26.2 Å². The SMILES string of the molecule is CCOC(=O)Nc1ccc(NC(=O)N2CC[C@@H](N3CCCC3)C2)cc1. The number of carbonyl (C=O) groups excluding carboxylic acids is 2. The van der Waals surface area contributed by atoms with Gasteiger partial charge in [0.15, 0.2) is 0 Å². The standard InChI is InChI=1S/C18H26N4O3/c1-2-25-18(24)20-15-7-5-14(6-8-15)19-17(23)22-12-9-16(13-22)21-10-3-4-11-21/h5-8,16H,2-4,9-13H2,1H3,(H,19,23)(H,20,24)/t16-/m1/s1. The second-order valence-corrected chi connectivity index (χ2v) is 6.48. The van der Waals surface area contributed by atoms with Crippen molar-refractivity contribution < 1.29 is 14.3 Å². The van der Waals surface area contributed by atoms with Crippen molar-refractivity contribution in [3.8, 4) is 0 Å². The van der Waals surface area contributed by atoms with Gasteiger partial charge in [-0.15, -0.1) is 0 Å². The van der Waals surface area contributed by atoms with Gasteiger partial charge in [-0.05, 0) is 63.5 Å². The first-order valence-electron chi connectivity index (χ1n) is 8.99. The van der Waals surface area contributed by atoms with E-state index in [9.17, 15) is 9.59 Å². The van der Waals surface area contributed by atoms with Crippen LogP contribution in [0.4, 0.5) is 21.0 Å². The van der Waals surface area contributed by atoms with E-state index in [2.05, 4.69) is 15.5 Å². The Labute approximate surface area is 148 Å². The minimum absolute atomic E-state index is 0.0622. The molecule has 0 radical (unpaired) electrons. The predicted molar refractivity (Wildman–Crippen MR) is 96.9 cm³/mol. The van der Waals surface area contributed by atoms with Gasteiger partial charge in [0.1, 0.15) is 0 Å². The van der Waals surface area contributed by atoms with Crippen molar-refractivity contribution in [3.05, 3.63) is 24.3 Å². The molecular formula is C18H26N4O3. The predicted octanol–water partition coefficient (Wildman–Crippen LogP) is 2.96. The molecule has 7 nitrogen and oxygen atoms in total. The number of carbonyl (C=O) groups is 2.